The Morgan fingerprint density at radius 2 is 1.05 bits per heavy atom. The van der Waals surface area contributed by atoms with Gasteiger partial charge in [0.05, 0.1) is 0 Å². The van der Waals surface area contributed by atoms with E-state index < -0.39 is 16.1 Å². The van der Waals surface area contributed by atoms with Crippen molar-refractivity contribution in [2.24, 2.45) is 0 Å². The van der Waals surface area contributed by atoms with Crippen LogP contribution in [0.1, 0.15) is 123 Å². The molecule has 0 saturated carbocycles. The Morgan fingerprint density at radius 3 is 1.45 bits per heavy atom. The number of halogens is 2. The van der Waals surface area contributed by atoms with Gasteiger partial charge in [-0.2, -0.15) is 0 Å². The van der Waals surface area contributed by atoms with Crippen LogP contribution in [0.15, 0.2) is 91.0 Å². The second kappa shape index (κ2) is 18.1. The zero-order chi connectivity index (χ0) is 39.2. The van der Waals surface area contributed by atoms with Gasteiger partial charge in [-0.15, -0.1) is 0 Å². The molecule has 295 valence electrons. The second-order valence-corrected chi connectivity index (χ2v) is 30.6. The Kier molecular flexibility index (Phi) is 15.1. The average molecular weight is 984 g/mol. The molecule has 5 heteroatoms. The molecule has 4 aromatic rings. The summed E-state index contributed by atoms with van der Waals surface area (Å²) in [6.07, 6.45) is 8.06. The van der Waals surface area contributed by atoms with Crippen molar-refractivity contribution in [1.82, 2.24) is 0 Å². The quantitative estimate of drug-likeness (QED) is 0.172. The molecule has 0 spiro atoms. The van der Waals surface area contributed by atoms with E-state index in [1.54, 1.807) is 13.7 Å². The van der Waals surface area contributed by atoms with Crippen molar-refractivity contribution < 1.29 is 49.2 Å². The van der Waals surface area contributed by atoms with Gasteiger partial charge >= 0.3 is 347 Å². The first-order chi connectivity index (χ1) is 25.6. The van der Waals surface area contributed by atoms with Gasteiger partial charge in [0, 0.05) is 0 Å². The molecule has 0 amide bonds. The Hall–Kier alpha value is -2.02. The van der Waals surface area contributed by atoms with Gasteiger partial charge in [-0.3, -0.25) is 0 Å². The summed E-state index contributed by atoms with van der Waals surface area (Å²) < 4.78 is 1.56. The molecule has 2 aliphatic rings. The van der Waals surface area contributed by atoms with E-state index in [9.17, 15) is 0 Å². The van der Waals surface area contributed by atoms with Crippen LogP contribution < -0.4 is 45.6 Å². The molecule has 0 unspecified atom stereocenters. The molecule has 0 bridgehead atoms. The van der Waals surface area contributed by atoms with E-state index in [0.29, 0.717) is 0 Å². The van der Waals surface area contributed by atoms with Crippen LogP contribution in [-0.2, 0) is 35.2 Å². The van der Waals surface area contributed by atoms with Crippen molar-refractivity contribution in [3.63, 3.8) is 0 Å². The number of allylic oxidation sites excluding steroid dienone is 4. The predicted octanol–water partition coefficient (Wildman–Crippen LogP) is 5.61. The van der Waals surface area contributed by atoms with E-state index in [1.807, 2.05) is 0 Å². The van der Waals surface area contributed by atoms with Crippen molar-refractivity contribution >= 4 is 41.0 Å². The second-order valence-electron chi connectivity index (χ2n) is 18.2. The molecule has 0 nitrogen and oxygen atoms in total. The van der Waals surface area contributed by atoms with E-state index >= 15 is 0 Å². The van der Waals surface area contributed by atoms with Crippen LogP contribution in [0.5, 0.6) is 0 Å². The SMILES string of the molecule is CC[Si](CC)(CC)c1ccc(C(c2ccc([Si](CC)(CC)CC)cc2)=c2c(C(C)(C)C)cc3c(c2C2=CC=CC2)[C]([Hf+2])=c2c(C(C)(C)C)cccc2=3)cc1.[Cl-].[Cl-]. The van der Waals surface area contributed by atoms with E-state index in [2.05, 4.69) is 174 Å². The van der Waals surface area contributed by atoms with Crippen LogP contribution in [0.2, 0.25) is 36.3 Å². The minimum Gasteiger partial charge on any atom is -1.00 e. The Balaban J connectivity index is 0.00000348. The van der Waals surface area contributed by atoms with E-state index in [0.717, 1.165) is 30.8 Å². The first-order valence-corrected chi connectivity index (χ1v) is 28.1. The fraction of sp³-hybridized carbons (Fsp3) is 0.412. The Bertz CT molecular complexity index is 2250. The molecule has 0 aliphatic heterocycles. The summed E-state index contributed by atoms with van der Waals surface area (Å²) >= 11 is 0.986. The van der Waals surface area contributed by atoms with Crippen molar-refractivity contribution in [1.29, 1.82) is 0 Å². The molecule has 56 heavy (non-hydrogen) atoms. The van der Waals surface area contributed by atoms with Gasteiger partial charge in [0.25, 0.3) is 0 Å². The minimum absolute atomic E-state index is 0. The minimum atomic E-state index is -1.53. The molecule has 2 aliphatic carbocycles. The van der Waals surface area contributed by atoms with E-state index in [1.165, 1.54) is 102 Å². The summed E-state index contributed by atoms with van der Waals surface area (Å²) in [5, 5.41) is 9.06. The molecule has 0 fully saturated rings. The predicted molar refractivity (Wildman–Crippen MR) is 240 cm³/mol. The molecular weight excluding hydrogens is 918 g/mol. The number of hydrogen-bond acceptors (Lipinski definition) is 0. The Morgan fingerprint density at radius 1 is 0.589 bits per heavy atom. The molecule has 0 radical (unpaired) electrons. The molecule has 4 aromatic carbocycles. The van der Waals surface area contributed by atoms with Gasteiger partial charge in [0.2, 0.25) is 0 Å². The van der Waals surface area contributed by atoms with Crippen molar-refractivity contribution in [2.45, 2.75) is 137 Å². The van der Waals surface area contributed by atoms with Gasteiger partial charge in [-0.1, -0.05) is 0 Å². The molecule has 0 aromatic heterocycles. The molecule has 6 rings (SSSR count). The molecule has 0 atom stereocenters. The third kappa shape index (κ3) is 8.12. The maximum atomic E-state index is 2.63. The van der Waals surface area contributed by atoms with Crippen LogP contribution in [0.25, 0.3) is 14.5 Å². The van der Waals surface area contributed by atoms with Crippen LogP contribution in [0.3, 0.4) is 0 Å². The van der Waals surface area contributed by atoms with Gasteiger partial charge in [-0.25, -0.2) is 0 Å². The smallest absolute Gasteiger partial charge is 1.00 e. The fourth-order valence-electron chi connectivity index (χ4n) is 9.92. The van der Waals surface area contributed by atoms with Crippen molar-refractivity contribution in [3.8, 4) is 0 Å². The van der Waals surface area contributed by atoms with Crippen LogP contribution in [0, 0.1) is 10.4 Å². The number of hydrogen-bond donors (Lipinski definition) is 0. The topological polar surface area (TPSA) is 0 Å². The summed E-state index contributed by atoms with van der Waals surface area (Å²) in [7, 11) is -3.05. The van der Waals surface area contributed by atoms with E-state index in [4.69, 9.17) is 0 Å². The zero-order valence-corrected chi connectivity index (χ0v) is 43.5. The first kappa shape index (κ1) is 46.7. The summed E-state index contributed by atoms with van der Waals surface area (Å²) in [4.78, 5) is 0. The van der Waals surface area contributed by atoms with Crippen LogP contribution in [0.4, 0.5) is 0 Å². The number of fused-ring (bicyclic) bond motifs is 2. The molecular formula is C51H65Cl2HfSi2. The largest absolute Gasteiger partial charge is 1.00 e. The molecule has 0 N–H and O–H groups in total. The molecule has 0 saturated heterocycles. The van der Waals surface area contributed by atoms with Crippen LogP contribution >= 0.6 is 0 Å². The van der Waals surface area contributed by atoms with E-state index in [-0.39, 0.29) is 35.6 Å². The first-order valence-electron chi connectivity index (χ1n) is 21.0. The van der Waals surface area contributed by atoms with Gasteiger partial charge < -0.3 is 24.8 Å². The summed E-state index contributed by atoms with van der Waals surface area (Å²) in [6.45, 7) is 29.0. The van der Waals surface area contributed by atoms with Crippen LogP contribution in [-0.4, -0.2) is 16.1 Å². The maximum Gasteiger partial charge on any atom is -1.00 e. The molecule has 0 heterocycles. The van der Waals surface area contributed by atoms with Crippen molar-refractivity contribution in [2.75, 3.05) is 0 Å². The number of benzene rings is 4. The third-order valence-corrected chi connectivity index (χ3v) is 26.8. The summed E-state index contributed by atoms with van der Waals surface area (Å²) in [6, 6.07) is 37.7. The van der Waals surface area contributed by atoms with Gasteiger partial charge in [0.15, 0.2) is 0 Å². The fourth-order valence-corrected chi connectivity index (χ4v) is 19.0. The summed E-state index contributed by atoms with van der Waals surface area (Å²) in [5.41, 5.74) is 11.5. The normalized spacial score (nSPS) is 13.9. The third-order valence-electron chi connectivity index (χ3n) is 13.8. The average Bonchev–Trinajstić information content (AvgIpc) is 3.80. The zero-order valence-electron chi connectivity index (χ0n) is 36.4. The maximum absolute atomic E-state index is 2.63. The number of rotatable bonds is 11. The summed E-state index contributed by atoms with van der Waals surface area (Å²) in [5.74, 6) is 0. The van der Waals surface area contributed by atoms with Gasteiger partial charge in [-0.05, 0) is 0 Å². The van der Waals surface area contributed by atoms with Gasteiger partial charge in [0.1, 0.15) is 0 Å². The Labute approximate surface area is 369 Å². The monoisotopic (exact) mass is 983 g/mol. The standard InChI is InChI=1S/C51H65Si2.2ClH.Hf/c1-13-52(14-2,15-3)39-30-26-37(27-31-39)47(38-28-32-40(33-29-38)53(16-4,17-5)18-6)49-46(51(10,11)12)35-42-41-24-21-25-45(50(7,8)9)43(41)34-44(42)48(49)36-22-19-20-23-36;;;/h19-22,24-33,35H,13-18,23H2,1-12H3;2*1H;/q;;;+2/p-2. The van der Waals surface area contributed by atoms with Crippen molar-refractivity contribution in [3.05, 3.63) is 145 Å².